The van der Waals surface area contributed by atoms with E-state index in [2.05, 4.69) is 28.2 Å². The van der Waals surface area contributed by atoms with E-state index in [9.17, 15) is 0 Å². The zero-order valence-electron chi connectivity index (χ0n) is 11.0. The lowest BCUT2D eigenvalue weighted by Gasteiger charge is -2.17. The molecule has 0 atom stereocenters. The van der Waals surface area contributed by atoms with Gasteiger partial charge in [0.05, 0.1) is 18.8 Å². The molecule has 1 aromatic heterocycles. The average molecular weight is 247 g/mol. The van der Waals surface area contributed by atoms with Crippen LogP contribution in [-0.2, 0) is 13.1 Å². The molecular weight excluding hydrogens is 226 g/mol. The fourth-order valence-corrected chi connectivity index (χ4v) is 1.97. The van der Waals surface area contributed by atoms with Crippen LogP contribution in [0.3, 0.4) is 0 Å². The number of hydrogen-bond donors (Lipinski definition) is 1. The van der Waals surface area contributed by atoms with Crippen molar-refractivity contribution in [2.45, 2.75) is 32.9 Å². The van der Waals surface area contributed by atoms with Crippen LogP contribution in [-0.4, -0.2) is 29.7 Å². The molecule has 1 N–H and O–H groups in total. The van der Waals surface area contributed by atoms with E-state index in [1.807, 2.05) is 6.07 Å². The lowest BCUT2D eigenvalue weighted by molar-refractivity contribution is 0.245. The zero-order valence-corrected chi connectivity index (χ0v) is 11.0. The van der Waals surface area contributed by atoms with Crippen molar-refractivity contribution in [3.05, 3.63) is 17.5 Å². The van der Waals surface area contributed by atoms with E-state index in [4.69, 9.17) is 10.9 Å². The molecule has 0 saturated heterocycles. The number of hydrogen-bond acceptors (Lipinski definition) is 4. The smallest absolute Gasteiger partial charge is 0.151 e. The van der Waals surface area contributed by atoms with E-state index in [1.54, 1.807) is 0 Å². The number of rotatable bonds is 8. The number of terminal acetylenes is 1. The van der Waals surface area contributed by atoms with Crippen LogP contribution in [0.25, 0.3) is 0 Å². The SMILES string of the molecule is C#CCN(Cc1cc(CNCC)no1)CC1CC1. The Labute approximate surface area is 109 Å². The molecule has 98 valence electrons. The van der Waals surface area contributed by atoms with Crippen molar-refractivity contribution in [1.29, 1.82) is 0 Å². The molecule has 1 aromatic rings. The summed E-state index contributed by atoms with van der Waals surface area (Å²) in [6, 6.07) is 2.01. The first-order valence-electron chi connectivity index (χ1n) is 6.62. The fourth-order valence-electron chi connectivity index (χ4n) is 1.97. The van der Waals surface area contributed by atoms with E-state index < -0.39 is 0 Å². The van der Waals surface area contributed by atoms with Crippen molar-refractivity contribution < 1.29 is 4.52 Å². The van der Waals surface area contributed by atoms with Gasteiger partial charge < -0.3 is 9.84 Å². The van der Waals surface area contributed by atoms with Gasteiger partial charge in [0.15, 0.2) is 5.76 Å². The lowest BCUT2D eigenvalue weighted by atomic mass is 10.3. The molecule has 18 heavy (non-hydrogen) atoms. The van der Waals surface area contributed by atoms with Gasteiger partial charge in [0, 0.05) is 19.2 Å². The summed E-state index contributed by atoms with van der Waals surface area (Å²) in [4.78, 5) is 2.26. The second kappa shape index (κ2) is 6.58. The maximum Gasteiger partial charge on any atom is 0.151 e. The largest absolute Gasteiger partial charge is 0.360 e. The quantitative estimate of drug-likeness (QED) is 0.709. The van der Waals surface area contributed by atoms with Crippen LogP contribution in [0.5, 0.6) is 0 Å². The molecule has 4 heteroatoms. The van der Waals surface area contributed by atoms with Crippen LogP contribution in [0.15, 0.2) is 10.6 Å². The van der Waals surface area contributed by atoms with Crippen molar-refractivity contribution in [1.82, 2.24) is 15.4 Å². The van der Waals surface area contributed by atoms with Gasteiger partial charge in [-0.15, -0.1) is 6.42 Å². The molecule has 1 fully saturated rings. The van der Waals surface area contributed by atoms with Crippen LogP contribution < -0.4 is 5.32 Å². The first-order chi connectivity index (χ1) is 8.81. The molecule has 0 aromatic carbocycles. The first kappa shape index (κ1) is 13.1. The predicted octanol–water partition coefficient (Wildman–Crippen LogP) is 1.63. The van der Waals surface area contributed by atoms with Crippen LogP contribution >= 0.6 is 0 Å². The van der Waals surface area contributed by atoms with E-state index in [-0.39, 0.29) is 0 Å². The van der Waals surface area contributed by atoms with Gasteiger partial charge in [-0.2, -0.15) is 0 Å². The van der Waals surface area contributed by atoms with Crippen LogP contribution in [0.2, 0.25) is 0 Å². The summed E-state index contributed by atoms with van der Waals surface area (Å²) in [5.74, 6) is 4.45. The van der Waals surface area contributed by atoms with Gasteiger partial charge in [-0.05, 0) is 25.3 Å². The molecule has 0 bridgehead atoms. The maximum atomic E-state index is 5.40. The topological polar surface area (TPSA) is 41.3 Å². The van der Waals surface area contributed by atoms with Gasteiger partial charge in [0.1, 0.15) is 0 Å². The van der Waals surface area contributed by atoms with Gasteiger partial charge in [0.25, 0.3) is 0 Å². The minimum absolute atomic E-state index is 0.680. The molecule has 0 unspecified atom stereocenters. The van der Waals surface area contributed by atoms with E-state index in [0.29, 0.717) is 6.54 Å². The summed E-state index contributed by atoms with van der Waals surface area (Å²) < 4.78 is 5.34. The molecule has 0 radical (unpaired) electrons. The summed E-state index contributed by atoms with van der Waals surface area (Å²) in [6.07, 6.45) is 8.08. The molecule has 2 rings (SSSR count). The van der Waals surface area contributed by atoms with Crippen LogP contribution in [0.4, 0.5) is 0 Å². The summed E-state index contributed by atoms with van der Waals surface area (Å²) in [6.45, 7) is 6.29. The van der Waals surface area contributed by atoms with Crippen molar-refractivity contribution in [3.63, 3.8) is 0 Å². The Bertz CT molecular complexity index is 403. The average Bonchev–Trinajstić information content (AvgIpc) is 3.05. The Kier molecular flexibility index (Phi) is 4.80. The molecule has 0 spiro atoms. The summed E-state index contributed by atoms with van der Waals surface area (Å²) in [7, 11) is 0. The van der Waals surface area contributed by atoms with Crippen molar-refractivity contribution in [2.24, 2.45) is 5.92 Å². The highest BCUT2D eigenvalue weighted by molar-refractivity contribution is 5.06. The Morgan fingerprint density at radius 1 is 1.61 bits per heavy atom. The zero-order chi connectivity index (χ0) is 12.8. The van der Waals surface area contributed by atoms with Crippen molar-refractivity contribution >= 4 is 0 Å². The molecule has 1 aliphatic carbocycles. The standard InChI is InChI=1S/C14H21N3O/c1-3-7-17(10-12-5-6-12)11-14-8-13(16-18-14)9-15-4-2/h1,8,12,15H,4-7,9-11H2,2H3. The van der Waals surface area contributed by atoms with E-state index in [1.165, 1.54) is 12.8 Å². The first-order valence-corrected chi connectivity index (χ1v) is 6.62. The Hall–Kier alpha value is -1.31. The Morgan fingerprint density at radius 3 is 3.11 bits per heavy atom. The van der Waals surface area contributed by atoms with Gasteiger partial charge in [-0.25, -0.2) is 0 Å². The monoisotopic (exact) mass is 247 g/mol. The van der Waals surface area contributed by atoms with Crippen molar-refractivity contribution in [2.75, 3.05) is 19.6 Å². The second-order valence-electron chi connectivity index (χ2n) is 4.88. The summed E-state index contributed by atoms with van der Waals surface area (Å²) in [5, 5.41) is 7.28. The number of aromatic nitrogens is 1. The van der Waals surface area contributed by atoms with Gasteiger partial charge in [-0.1, -0.05) is 18.0 Å². The predicted molar refractivity (Wildman–Crippen MR) is 70.7 cm³/mol. The Morgan fingerprint density at radius 2 is 2.44 bits per heavy atom. The van der Waals surface area contributed by atoms with Crippen molar-refractivity contribution in [3.8, 4) is 12.3 Å². The third-order valence-electron chi connectivity index (χ3n) is 3.07. The third kappa shape index (κ3) is 4.17. The number of nitrogens with zero attached hydrogens (tertiary/aromatic N) is 2. The highest BCUT2D eigenvalue weighted by Crippen LogP contribution is 2.30. The van der Waals surface area contributed by atoms with Gasteiger partial charge >= 0.3 is 0 Å². The lowest BCUT2D eigenvalue weighted by Crippen LogP contribution is -2.25. The van der Waals surface area contributed by atoms with Gasteiger partial charge in [-0.3, -0.25) is 4.90 Å². The summed E-state index contributed by atoms with van der Waals surface area (Å²) in [5.41, 5.74) is 0.957. The highest BCUT2D eigenvalue weighted by atomic mass is 16.5. The minimum Gasteiger partial charge on any atom is -0.360 e. The maximum absolute atomic E-state index is 5.40. The van der Waals surface area contributed by atoms with E-state index >= 15 is 0 Å². The molecule has 1 heterocycles. The normalized spacial score (nSPS) is 14.9. The van der Waals surface area contributed by atoms with Crippen LogP contribution in [0, 0.1) is 18.3 Å². The molecule has 0 aliphatic heterocycles. The summed E-state index contributed by atoms with van der Waals surface area (Å²) >= 11 is 0. The van der Waals surface area contributed by atoms with E-state index in [0.717, 1.165) is 43.6 Å². The minimum atomic E-state index is 0.680. The molecule has 1 aliphatic rings. The molecule has 1 saturated carbocycles. The van der Waals surface area contributed by atoms with Crippen LogP contribution in [0.1, 0.15) is 31.2 Å². The fraction of sp³-hybridized carbons (Fsp3) is 0.643. The third-order valence-corrected chi connectivity index (χ3v) is 3.07. The second-order valence-corrected chi connectivity index (χ2v) is 4.88. The molecule has 4 nitrogen and oxygen atoms in total. The molecule has 0 amide bonds. The molecular formula is C14H21N3O. The van der Waals surface area contributed by atoms with Gasteiger partial charge in [0.2, 0.25) is 0 Å². The highest BCUT2D eigenvalue weighted by Gasteiger charge is 2.24. The Balaban J connectivity index is 1.85. The number of nitrogens with one attached hydrogen (secondary N) is 1.